The molecule has 0 aliphatic heterocycles. The summed E-state index contributed by atoms with van der Waals surface area (Å²) in [6.45, 7) is 19.3. The minimum atomic E-state index is 0.396. The first-order valence-corrected chi connectivity index (χ1v) is 7.86. The summed E-state index contributed by atoms with van der Waals surface area (Å²) >= 11 is 0. The van der Waals surface area contributed by atoms with E-state index in [4.69, 9.17) is 0 Å². The third kappa shape index (κ3) is 2.40. The number of rotatable bonds is 4. The Morgan fingerprint density at radius 1 is 0.722 bits per heavy atom. The fourth-order valence-electron chi connectivity index (χ4n) is 4.21. The van der Waals surface area contributed by atoms with Crippen molar-refractivity contribution in [2.45, 2.75) is 68.2 Å². The van der Waals surface area contributed by atoms with E-state index in [0.29, 0.717) is 10.8 Å². The Morgan fingerprint density at radius 2 is 1.17 bits per heavy atom. The molecule has 0 saturated heterocycles. The molecule has 1 aliphatic carbocycles. The predicted molar refractivity (Wildman–Crippen MR) is 82.6 cm³/mol. The van der Waals surface area contributed by atoms with Gasteiger partial charge >= 0.3 is 0 Å². The molecule has 0 amide bonds. The summed E-state index contributed by atoms with van der Waals surface area (Å²) in [5.74, 6) is 2.98. The molecule has 0 aromatic carbocycles. The van der Waals surface area contributed by atoms with Crippen LogP contribution in [-0.4, -0.2) is 0 Å². The number of hydrogen-bond donors (Lipinski definition) is 0. The molecule has 0 saturated carbocycles. The lowest BCUT2D eigenvalue weighted by Gasteiger charge is -2.53. The molecule has 0 fully saturated rings. The lowest BCUT2D eigenvalue weighted by atomic mass is 9.51. The van der Waals surface area contributed by atoms with E-state index in [9.17, 15) is 0 Å². The molecular weight excluding hydrogens is 216 g/mol. The number of allylic oxidation sites excluding steroid dienone is 2. The van der Waals surface area contributed by atoms with E-state index in [1.165, 1.54) is 12.8 Å². The van der Waals surface area contributed by atoms with Crippen LogP contribution in [0.1, 0.15) is 68.2 Å². The van der Waals surface area contributed by atoms with Gasteiger partial charge in [0.05, 0.1) is 0 Å². The molecule has 0 heterocycles. The quantitative estimate of drug-likeness (QED) is 0.542. The Morgan fingerprint density at radius 3 is 1.50 bits per heavy atom. The second-order valence-corrected chi connectivity index (χ2v) is 7.75. The molecule has 0 unspecified atom stereocenters. The SMILES string of the molecule is CC(C)C1(C(C)C)C=CCC(C(C)C)(C(C)C)C1. The van der Waals surface area contributed by atoms with Crippen molar-refractivity contribution >= 4 is 0 Å². The van der Waals surface area contributed by atoms with Gasteiger partial charge < -0.3 is 0 Å². The molecule has 0 bridgehead atoms. The molecule has 0 atom stereocenters. The Bertz CT molecular complexity index is 275. The maximum absolute atomic E-state index is 2.55. The summed E-state index contributed by atoms with van der Waals surface area (Å²) in [5, 5.41) is 0. The zero-order valence-corrected chi connectivity index (χ0v) is 13.9. The highest BCUT2D eigenvalue weighted by molar-refractivity contribution is 5.13. The average molecular weight is 250 g/mol. The van der Waals surface area contributed by atoms with Gasteiger partial charge in [-0.05, 0) is 47.3 Å². The first-order chi connectivity index (χ1) is 8.19. The molecule has 18 heavy (non-hydrogen) atoms. The van der Waals surface area contributed by atoms with Crippen LogP contribution in [0.15, 0.2) is 12.2 Å². The van der Waals surface area contributed by atoms with Gasteiger partial charge in [0, 0.05) is 0 Å². The van der Waals surface area contributed by atoms with E-state index >= 15 is 0 Å². The van der Waals surface area contributed by atoms with E-state index in [2.05, 4.69) is 67.5 Å². The van der Waals surface area contributed by atoms with E-state index in [1.54, 1.807) is 0 Å². The topological polar surface area (TPSA) is 0 Å². The fourth-order valence-corrected chi connectivity index (χ4v) is 4.21. The van der Waals surface area contributed by atoms with Crippen LogP contribution in [0.4, 0.5) is 0 Å². The standard InChI is InChI=1S/C18H34/c1-13(2)17(14(3)4)10-9-11-18(12-17,15(5)6)16(7)8/h9-10,13-16H,11-12H2,1-8H3. The van der Waals surface area contributed by atoms with Gasteiger partial charge in [0.1, 0.15) is 0 Å². The third-order valence-electron chi connectivity index (χ3n) is 6.01. The van der Waals surface area contributed by atoms with Gasteiger partial charge in [0.15, 0.2) is 0 Å². The van der Waals surface area contributed by atoms with Crippen LogP contribution < -0.4 is 0 Å². The average Bonchev–Trinajstić information content (AvgIpc) is 2.27. The van der Waals surface area contributed by atoms with Crippen LogP contribution in [-0.2, 0) is 0 Å². The molecule has 106 valence electrons. The van der Waals surface area contributed by atoms with Crippen molar-refractivity contribution in [3.8, 4) is 0 Å². The van der Waals surface area contributed by atoms with Crippen LogP contribution in [0, 0.1) is 34.5 Å². The van der Waals surface area contributed by atoms with Crippen molar-refractivity contribution in [2.75, 3.05) is 0 Å². The zero-order chi connectivity index (χ0) is 14.1. The third-order valence-corrected chi connectivity index (χ3v) is 6.01. The van der Waals surface area contributed by atoms with E-state index < -0.39 is 0 Å². The molecule has 0 nitrogen and oxygen atoms in total. The smallest absolute Gasteiger partial charge is 0.00667 e. The number of hydrogen-bond acceptors (Lipinski definition) is 0. The molecule has 0 aromatic rings. The maximum atomic E-state index is 2.55. The highest BCUT2D eigenvalue weighted by Gasteiger charge is 2.48. The highest BCUT2D eigenvalue weighted by atomic mass is 14.5. The van der Waals surface area contributed by atoms with Gasteiger partial charge in [0.25, 0.3) is 0 Å². The van der Waals surface area contributed by atoms with Gasteiger partial charge in [-0.3, -0.25) is 0 Å². The first-order valence-electron chi connectivity index (χ1n) is 7.86. The van der Waals surface area contributed by atoms with Crippen molar-refractivity contribution in [1.29, 1.82) is 0 Å². The minimum absolute atomic E-state index is 0.396. The lowest BCUT2D eigenvalue weighted by molar-refractivity contribution is 0.00154. The minimum Gasteiger partial charge on any atom is -0.0874 e. The van der Waals surface area contributed by atoms with Crippen LogP contribution >= 0.6 is 0 Å². The van der Waals surface area contributed by atoms with Crippen molar-refractivity contribution in [2.24, 2.45) is 34.5 Å². The molecule has 1 aliphatic rings. The molecule has 0 spiro atoms. The summed E-state index contributed by atoms with van der Waals surface area (Å²) in [6, 6.07) is 0. The lowest BCUT2D eigenvalue weighted by Crippen LogP contribution is -2.45. The van der Waals surface area contributed by atoms with E-state index in [0.717, 1.165) is 23.7 Å². The predicted octanol–water partition coefficient (Wildman–Crippen LogP) is 5.93. The van der Waals surface area contributed by atoms with E-state index in [1.807, 2.05) is 0 Å². The molecule has 0 N–H and O–H groups in total. The highest BCUT2D eigenvalue weighted by Crippen LogP contribution is 2.56. The molecular formula is C18H34. The summed E-state index contributed by atoms with van der Waals surface area (Å²) in [4.78, 5) is 0. The van der Waals surface area contributed by atoms with Crippen molar-refractivity contribution in [1.82, 2.24) is 0 Å². The molecule has 0 aromatic heterocycles. The Hall–Kier alpha value is -0.260. The molecule has 0 radical (unpaired) electrons. The van der Waals surface area contributed by atoms with Gasteiger partial charge in [-0.15, -0.1) is 0 Å². The first kappa shape index (κ1) is 15.8. The van der Waals surface area contributed by atoms with Gasteiger partial charge in [-0.2, -0.15) is 0 Å². The summed E-state index contributed by atoms with van der Waals surface area (Å²) in [7, 11) is 0. The van der Waals surface area contributed by atoms with Crippen molar-refractivity contribution in [3.05, 3.63) is 12.2 Å². The summed E-state index contributed by atoms with van der Waals surface area (Å²) in [6.07, 6.45) is 7.67. The molecule has 0 heteroatoms. The fraction of sp³-hybridized carbons (Fsp3) is 0.889. The van der Waals surface area contributed by atoms with Crippen LogP contribution in [0.25, 0.3) is 0 Å². The summed E-state index contributed by atoms with van der Waals surface area (Å²) < 4.78 is 0. The van der Waals surface area contributed by atoms with Gasteiger partial charge in [-0.1, -0.05) is 67.5 Å². The van der Waals surface area contributed by atoms with Crippen LogP contribution in [0.2, 0.25) is 0 Å². The Kier molecular flexibility index (Phi) is 4.73. The van der Waals surface area contributed by atoms with Crippen LogP contribution in [0.5, 0.6) is 0 Å². The molecule has 1 rings (SSSR count). The van der Waals surface area contributed by atoms with Gasteiger partial charge in [0.2, 0.25) is 0 Å². The zero-order valence-electron chi connectivity index (χ0n) is 13.9. The monoisotopic (exact) mass is 250 g/mol. The second-order valence-electron chi connectivity index (χ2n) is 7.75. The Balaban J connectivity index is 3.21. The Labute approximate surface area is 115 Å². The largest absolute Gasteiger partial charge is 0.0874 e. The van der Waals surface area contributed by atoms with Crippen LogP contribution in [0.3, 0.4) is 0 Å². The van der Waals surface area contributed by atoms with Gasteiger partial charge in [-0.25, -0.2) is 0 Å². The maximum Gasteiger partial charge on any atom is -0.00667 e. The van der Waals surface area contributed by atoms with Crippen molar-refractivity contribution in [3.63, 3.8) is 0 Å². The second kappa shape index (κ2) is 5.39. The normalized spacial score (nSPS) is 22.4. The van der Waals surface area contributed by atoms with Crippen molar-refractivity contribution < 1.29 is 0 Å². The van der Waals surface area contributed by atoms with E-state index in [-0.39, 0.29) is 0 Å². The summed E-state index contributed by atoms with van der Waals surface area (Å²) in [5.41, 5.74) is 0.885.